The molecule has 2 saturated carbocycles. The molecule has 0 aromatic carbocycles. The average molecular weight is 208 g/mol. The third kappa shape index (κ3) is 1.85. The van der Waals surface area contributed by atoms with E-state index < -0.39 is 0 Å². The Kier molecular flexibility index (Phi) is 2.68. The topological polar surface area (TPSA) is 0 Å². The van der Waals surface area contributed by atoms with Crippen molar-refractivity contribution >= 4 is 0 Å². The van der Waals surface area contributed by atoms with Gasteiger partial charge in [0.05, 0.1) is 0 Å². The van der Waals surface area contributed by atoms with Gasteiger partial charge in [0.15, 0.2) is 0 Å². The van der Waals surface area contributed by atoms with Gasteiger partial charge in [0.1, 0.15) is 0 Å². The molecule has 2 fully saturated rings. The van der Waals surface area contributed by atoms with Crippen LogP contribution < -0.4 is 0 Å². The van der Waals surface area contributed by atoms with E-state index in [4.69, 9.17) is 0 Å². The average Bonchev–Trinajstić information content (AvgIpc) is 2.09. The summed E-state index contributed by atoms with van der Waals surface area (Å²) in [4.78, 5) is 0. The molecule has 1 unspecified atom stereocenters. The first-order valence-electron chi connectivity index (χ1n) is 6.88. The van der Waals surface area contributed by atoms with Crippen LogP contribution >= 0.6 is 0 Å². The van der Waals surface area contributed by atoms with Crippen molar-refractivity contribution in [3.63, 3.8) is 0 Å². The van der Waals surface area contributed by atoms with E-state index in [1.807, 2.05) is 0 Å². The van der Waals surface area contributed by atoms with E-state index in [0.717, 1.165) is 17.8 Å². The molecule has 0 heteroatoms. The Bertz CT molecular complexity index is 228. The molecule has 0 spiro atoms. The first kappa shape index (κ1) is 11.5. The molecular formula is C15H28. The van der Waals surface area contributed by atoms with Gasteiger partial charge in [-0.3, -0.25) is 0 Å². The van der Waals surface area contributed by atoms with Gasteiger partial charge in [-0.1, -0.05) is 41.0 Å². The van der Waals surface area contributed by atoms with Crippen LogP contribution in [0, 0.1) is 28.6 Å². The summed E-state index contributed by atoms with van der Waals surface area (Å²) in [5.74, 6) is 3.00. The molecular weight excluding hydrogens is 180 g/mol. The Morgan fingerprint density at radius 2 is 1.67 bits per heavy atom. The molecule has 0 heterocycles. The lowest BCUT2D eigenvalue weighted by Gasteiger charge is -2.57. The standard InChI is InChI=1S/C15H28/c1-6-14(4)9-13(10-14)12(3)15(5)7-11(2)8-15/h11-13H,6-10H2,1-5H3. The highest BCUT2D eigenvalue weighted by Crippen LogP contribution is 2.59. The second kappa shape index (κ2) is 3.50. The Balaban J connectivity index is 1.87. The maximum absolute atomic E-state index is 2.53. The smallest absolute Gasteiger partial charge is 0.0292 e. The molecule has 0 bridgehead atoms. The minimum absolute atomic E-state index is 0.694. The summed E-state index contributed by atoms with van der Waals surface area (Å²) in [6, 6.07) is 0. The van der Waals surface area contributed by atoms with Gasteiger partial charge >= 0.3 is 0 Å². The molecule has 2 aliphatic rings. The second-order valence-corrected chi connectivity index (χ2v) is 7.29. The second-order valence-electron chi connectivity index (χ2n) is 7.29. The van der Waals surface area contributed by atoms with Gasteiger partial charge in [-0.05, 0) is 54.3 Å². The lowest BCUT2D eigenvalue weighted by molar-refractivity contribution is -0.0652. The van der Waals surface area contributed by atoms with Crippen LogP contribution in [0.2, 0.25) is 0 Å². The normalized spacial score (nSPS) is 51.8. The molecule has 0 aliphatic heterocycles. The molecule has 2 rings (SSSR count). The summed E-state index contributed by atoms with van der Waals surface area (Å²) in [6.07, 6.45) is 7.33. The molecule has 15 heavy (non-hydrogen) atoms. The van der Waals surface area contributed by atoms with Crippen molar-refractivity contribution in [3.8, 4) is 0 Å². The van der Waals surface area contributed by atoms with E-state index in [0.29, 0.717) is 10.8 Å². The van der Waals surface area contributed by atoms with Crippen molar-refractivity contribution in [1.82, 2.24) is 0 Å². The predicted octanol–water partition coefficient (Wildman–Crippen LogP) is 4.89. The van der Waals surface area contributed by atoms with Crippen LogP contribution in [0.1, 0.15) is 66.7 Å². The number of hydrogen-bond donors (Lipinski definition) is 0. The lowest BCUT2D eigenvalue weighted by Crippen LogP contribution is -2.47. The Morgan fingerprint density at radius 3 is 2.07 bits per heavy atom. The fourth-order valence-corrected chi connectivity index (χ4v) is 4.32. The molecule has 1 atom stereocenters. The zero-order chi connectivity index (χ0) is 11.3. The molecule has 0 aromatic rings. The first-order chi connectivity index (χ1) is 6.88. The maximum atomic E-state index is 2.53. The molecule has 88 valence electrons. The Labute approximate surface area is 95.8 Å². The third-order valence-corrected chi connectivity index (χ3v) is 5.80. The Hall–Kier alpha value is 0. The highest BCUT2D eigenvalue weighted by Gasteiger charge is 2.50. The van der Waals surface area contributed by atoms with Crippen molar-refractivity contribution in [2.24, 2.45) is 28.6 Å². The summed E-state index contributed by atoms with van der Waals surface area (Å²) < 4.78 is 0. The minimum Gasteiger partial charge on any atom is -0.0649 e. The fraction of sp³-hybridized carbons (Fsp3) is 1.00. The molecule has 0 amide bonds. The summed E-state index contributed by atoms with van der Waals surface area (Å²) in [5.41, 5.74) is 1.39. The molecule has 0 radical (unpaired) electrons. The van der Waals surface area contributed by atoms with E-state index in [1.165, 1.54) is 32.1 Å². The highest BCUT2D eigenvalue weighted by atomic mass is 14.5. The van der Waals surface area contributed by atoms with Gasteiger partial charge in [-0.25, -0.2) is 0 Å². The van der Waals surface area contributed by atoms with Crippen LogP contribution in [-0.2, 0) is 0 Å². The highest BCUT2D eigenvalue weighted by molar-refractivity contribution is 5.00. The van der Waals surface area contributed by atoms with Crippen molar-refractivity contribution < 1.29 is 0 Å². The third-order valence-electron chi connectivity index (χ3n) is 5.80. The minimum atomic E-state index is 0.694. The molecule has 0 N–H and O–H groups in total. The van der Waals surface area contributed by atoms with Crippen molar-refractivity contribution in [3.05, 3.63) is 0 Å². The van der Waals surface area contributed by atoms with Gasteiger partial charge < -0.3 is 0 Å². The number of rotatable bonds is 3. The zero-order valence-corrected chi connectivity index (χ0v) is 11.3. The summed E-state index contributed by atoms with van der Waals surface area (Å²) in [7, 11) is 0. The molecule has 2 aliphatic carbocycles. The first-order valence-corrected chi connectivity index (χ1v) is 6.88. The van der Waals surface area contributed by atoms with Gasteiger partial charge in [0.2, 0.25) is 0 Å². The van der Waals surface area contributed by atoms with Crippen LogP contribution in [0.25, 0.3) is 0 Å². The maximum Gasteiger partial charge on any atom is -0.0292 e. The SMILES string of the molecule is CCC1(C)CC(C(C)C2(C)CC(C)C2)C1. The van der Waals surface area contributed by atoms with Crippen LogP contribution in [0.15, 0.2) is 0 Å². The van der Waals surface area contributed by atoms with E-state index in [9.17, 15) is 0 Å². The van der Waals surface area contributed by atoms with E-state index >= 15 is 0 Å². The van der Waals surface area contributed by atoms with Crippen LogP contribution in [0.3, 0.4) is 0 Å². The number of hydrogen-bond acceptors (Lipinski definition) is 0. The summed E-state index contributed by atoms with van der Waals surface area (Å²) in [5, 5.41) is 0. The van der Waals surface area contributed by atoms with Crippen LogP contribution in [-0.4, -0.2) is 0 Å². The van der Waals surface area contributed by atoms with E-state index in [1.54, 1.807) is 0 Å². The molecule has 0 aromatic heterocycles. The van der Waals surface area contributed by atoms with Crippen molar-refractivity contribution in [1.29, 1.82) is 0 Å². The monoisotopic (exact) mass is 208 g/mol. The lowest BCUT2D eigenvalue weighted by atomic mass is 9.49. The molecule has 0 saturated heterocycles. The Morgan fingerprint density at radius 1 is 1.13 bits per heavy atom. The summed E-state index contributed by atoms with van der Waals surface area (Å²) >= 11 is 0. The van der Waals surface area contributed by atoms with Crippen LogP contribution in [0.5, 0.6) is 0 Å². The van der Waals surface area contributed by atoms with Gasteiger partial charge in [-0.15, -0.1) is 0 Å². The van der Waals surface area contributed by atoms with Gasteiger partial charge in [-0.2, -0.15) is 0 Å². The van der Waals surface area contributed by atoms with Crippen molar-refractivity contribution in [2.45, 2.75) is 66.7 Å². The van der Waals surface area contributed by atoms with E-state index in [2.05, 4.69) is 34.6 Å². The van der Waals surface area contributed by atoms with Gasteiger partial charge in [0.25, 0.3) is 0 Å². The quantitative estimate of drug-likeness (QED) is 0.620. The van der Waals surface area contributed by atoms with Crippen molar-refractivity contribution in [2.75, 3.05) is 0 Å². The van der Waals surface area contributed by atoms with Gasteiger partial charge in [0, 0.05) is 0 Å². The largest absolute Gasteiger partial charge is 0.0649 e. The van der Waals surface area contributed by atoms with Crippen LogP contribution in [0.4, 0.5) is 0 Å². The zero-order valence-electron chi connectivity index (χ0n) is 11.3. The summed E-state index contributed by atoms with van der Waals surface area (Å²) in [6.45, 7) is 12.3. The fourth-order valence-electron chi connectivity index (χ4n) is 4.32. The predicted molar refractivity (Wildman–Crippen MR) is 66.8 cm³/mol. The molecule has 0 nitrogen and oxygen atoms in total. The van der Waals surface area contributed by atoms with E-state index in [-0.39, 0.29) is 0 Å².